The second-order valence-electron chi connectivity index (χ2n) is 4.51. The van der Waals surface area contributed by atoms with Crippen LogP contribution in [0, 0.1) is 0 Å². The van der Waals surface area contributed by atoms with Crippen molar-refractivity contribution in [2.45, 2.75) is 38.3 Å². The molecule has 0 radical (unpaired) electrons. The van der Waals surface area contributed by atoms with Crippen LogP contribution >= 0.6 is 0 Å². The third kappa shape index (κ3) is 1.92. The topological polar surface area (TPSA) is 32.3 Å². The van der Waals surface area contributed by atoms with Gasteiger partial charge >= 0.3 is 0 Å². The van der Waals surface area contributed by atoms with Gasteiger partial charge in [0.1, 0.15) is 0 Å². The lowest BCUT2D eigenvalue weighted by atomic mass is 9.92. The highest BCUT2D eigenvalue weighted by Gasteiger charge is 2.39. The van der Waals surface area contributed by atoms with E-state index in [-0.39, 0.29) is 6.04 Å². The minimum absolute atomic E-state index is 0.148. The standard InChI is InChI=1S/C13H19NO/c1-3-14-10(2)13(15)8-11-6-4-5-7-12(11)9-13/h4-7,10,14-15H,3,8-9H2,1-2H3. The lowest BCUT2D eigenvalue weighted by molar-refractivity contribution is 0.0180. The van der Waals surface area contributed by atoms with E-state index >= 15 is 0 Å². The van der Waals surface area contributed by atoms with Gasteiger partial charge in [0.05, 0.1) is 5.60 Å². The number of fused-ring (bicyclic) bond motifs is 1. The first-order chi connectivity index (χ1) is 7.15. The van der Waals surface area contributed by atoms with Crippen molar-refractivity contribution in [2.75, 3.05) is 6.54 Å². The fourth-order valence-corrected chi connectivity index (χ4v) is 2.43. The number of likely N-dealkylation sites (N-methyl/N-ethyl adjacent to an activating group) is 1. The van der Waals surface area contributed by atoms with E-state index in [0.29, 0.717) is 0 Å². The first-order valence-electron chi connectivity index (χ1n) is 5.68. The summed E-state index contributed by atoms with van der Waals surface area (Å²) in [6, 6.07) is 8.47. The Morgan fingerprint density at radius 3 is 2.33 bits per heavy atom. The van der Waals surface area contributed by atoms with E-state index in [1.54, 1.807) is 0 Å². The minimum Gasteiger partial charge on any atom is -0.388 e. The number of rotatable bonds is 3. The van der Waals surface area contributed by atoms with Gasteiger partial charge in [-0.3, -0.25) is 0 Å². The third-order valence-corrected chi connectivity index (χ3v) is 3.43. The van der Waals surface area contributed by atoms with Crippen LogP contribution in [0.1, 0.15) is 25.0 Å². The lowest BCUT2D eigenvalue weighted by Crippen LogP contribution is -2.49. The quantitative estimate of drug-likeness (QED) is 0.784. The summed E-state index contributed by atoms with van der Waals surface area (Å²) in [5.74, 6) is 0. The van der Waals surface area contributed by atoms with Gasteiger partial charge in [-0.2, -0.15) is 0 Å². The van der Waals surface area contributed by atoms with Gasteiger partial charge in [0.2, 0.25) is 0 Å². The molecule has 0 heterocycles. The average molecular weight is 205 g/mol. The number of hydrogen-bond acceptors (Lipinski definition) is 2. The number of nitrogens with one attached hydrogen (secondary N) is 1. The molecule has 0 amide bonds. The molecule has 1 aromatic rings. The van der Waals surface area contributed by atoms with Gasteiger partial charge in [-0.25, -0.2) is 0 Å². The van der Waals surface area contributed by atoms with Crippen molar-refractivity contribution in [3.05, 3.63) is 35.4 Å². The number of benzene rings is 1. The molecule has 0 spiro atoms. The summed E-state index contributed by atoms with van der Waals surface area (Å²) in [5, 5.41) is 13.9. The van der Waals surface area contributed by atoms with Gasteiger partial charge < -0.3 is 10.4 Å². The van der Waals surface area contributed by atoms with Crippen LogP contribution in [0.3, 0.4) is 0 Å². The zero-order valence-corrected chi connectivity index (χ0v) is 9.46. The molecule has 0 fully saturated rings. The molecule has 1 unspecified atom stereocenters. The van der Waals surface area contributed by atoms with E-state index in [0.717, 1.165) is 19.4 Å². The van der Waals surface area contributed by atoms with E-state index in [1.807, 2.05) is 12.1 Å². The number of hydrogen-bond donors (Lipinski definition) is 2. The summed E-state index contributed by atoms with van der Waals surface area (Å²) in [7, 11) is 0. The molecule has 0 aliphatic heterocycles. The zero-order chi connectivity index (χ0) is 10.9. The van der Waals surface area contributed by atoms with Crippen molar-refractivity contribution in [2.24, 2.45) is 0 Å². The van der Waals surface area contributed by atoms with Crippen LogP contribution in [0.5, 0.6) is 0 Å². The Kier molecular flexibility index (Phi) is 2.81. The van der Waals surface area contributed by atoms with E-state index in [9.17, 15) is 5.11 Å². The molecular weight excluding hydrogens is 186 g/mol. The van der Waals surface area contributed by atoms with E-state index in [4.69, 9.17) is 0 Å². The summed E-state index contributed by atoms with van der Waals surface area (Å²) >= 11 is 0. The molecule has 2 nitrogen and oxygen atoms in total. The van der Waals surface area contributed by atoms with Crippen LogP contribution in [0.15, 0.2) is 24.3 Å². The summed E-state index contributed by atoms with van der Waals surface area (Å²) < 4.78 is 0. The van der Waals surface area contributed by atoms with Crippen molar-refractivity contribution in [1.82, 2.24) is 5.32 Å². The maximum Gasteiger partial charge on any atom is 0.0877 e. The van der Waals surface area contributed by atoms with Gasteiger partial charge in [-0.1, -0.05) is 31.2 Å². The predicted octanol–water partition coefficient (Wildman–Crippen LogP) is 1.51. The minimum atomic E-state index is -0.598. The first-order valence-corrected chi connectivity index (χ1v) is 5.68. The van der Waals surface area contributed by atoms with Crippen LogP contribution in [0.25, 0.3) is 0 Å². The Hall–Kier alpha value is -0.860. The first kappa shape index (κ1) is 10.7. The summed E-state index contributed by atoms with van der Waals surface area (Å²) in [5.41, 5.74) is 1.99. The van der Waals surface area contributed by atoms with Crippen molar-refractivity contribution in [1.29, 1.82) is 0 Å². The van der Waals surface area contributed by atoms with Crippen molar-refractivity contribution in [3.8, 4) is 0 Å². The Bertz CT molecular complexity index is 323. The molecule has 0 aromatic heterocycles. The molecule has 0 saturated heterocycles. The summed E-state index contributed by atoms with van der Waals surface area (Å²) in [4.78, 5) is 0. The van der Waals surface area contributed by atoms with Gasteiger partial charge in [0.25, 0.3) is 0 Å². The Balaban J connectivity index is 2.17. The molecule has 2 N–H and O–H groups in total. The highest BCUT2D eigenvalue weighted by molar-refractivity contribution is 5.36. The van der Waals surface area contributed by atoms with Crippen LogP contribution in [0.2, 0.25) is 0 Å². The lowest BCUT2D eigenvalue weighted by Gasteiger charge is -2.30. The molecule has 0 saturated carbocycles. The van der Waals surface area contributed by atoms with E-state index in [2.05, 4.69) is 31.3 Å². The normalized spacial score (nSPS) is 19.9. The van der Waals surface area contributed by atoms with Crippen molar-refractivity contribution >= 4 is 0 Å². The molecule has 2 heteroatoms. The van der Waals surface area contributed by atoms with Crippen LogP contribution in [-0.2, 0) is 12.8 Å². The van der Waals surface area contributed by atoms with Crippen LogP contribution in [0.4, 0.5) is 0 Å². The highest BCUT2D eigenvalue weighted by Crippen LogP contribution is 2.32. The van der Waals surface area contributed by atoms with Crippen molar-refractivity contribution < 1.29 is 5.11 Å². The monoisotopic (exact) mass is 205 g/mol. The highest BCUT2D eigenvalue weighted by atomic mass is 16.3. The molecule has 1 atom stereocenters. The zero-order valence-electron chi connectivity index (χ0n) is 9.46. The van der Waals surface area contributed by atoms with Crippen LogP contribution < -0.4 is 5.32 Å². The average Bonchev–Trinajstić information content (AvgIpc) is 2.56. The van der Waals surface area contributed by atoms with Crippen molar-refractivity contribution in [3.63, 3.8) is 0 Å². The largest absolute Gasteiger partial charge is 0.388 e. The maximum atomic E-state index is 10.5. The van der Waals surface area contributed by atoms with Gasteiger partial charge in [0.15, 0.2) is 0 Å². The Morgan fingerprint density at radius 1 is 1.33 bits per heavy atom. The van der Waals surface area contributed by atoms with Gasteiger partial charge in [-0.05, 0) is 24.6 Å². The smallest absolute Gasteiger partial charge is 0.0877 e. The molecular formula is C13H19NO. The Morgan fingerprint density at radius 2 is 1.87 bits per heavy atom. The number of aliphatic hydroxyl groups is 1. The van der Waals surface area contributed by atoms with E-state index in [1.165, 1.54) is 11.1 Å². The molecule has 1 aliphatic rings. The molecule has 15 heavy (non-hydrogen) atoms. The molecule has 1 aliphatic carbocycles. The van der Waals surface area contributed by atoms with Gasteiger partial charge in [0, 0.05) is 18.9 Å². The molecule has 1 aromatic carbocycles. The summed E-state index contributed by atoms with van der Waals surface area (Å²) in [6.45, 7) is 5.04. The maximum absolute atomic E-state index is 10.5. The second kappa shape index (κ2) is 3.95. The van der Waals surface area contributed by atoms with Crippen LogP contribution in [-0.4, -0.2) is 23.3 Å². The third-order valence-electron chi connectivity index (χ3n) is 3.43. The molecule has 2 rings (SSSR count). The predicted molar refractivity (Wildman–Crippen MR) is 61.9 cm³/mol. The SMILES string of the molecule is CCNC(C)C1(O)Cc2ccccc2C1. The molecule has 82 valence electrons. The second-order valence-corrected chi connectivity index (χ2v) is 4.51. The fraction of sp³-hybridized carbons (Fsp3) is 0.538. The summed E-state index contributed by atoms with van der Waals surface area (Å²) in [6.07, 6.45) is 1.55. The fourth-order valence-electron chi connectivity index (χ4n) is 2.43. The molecule has 0 bridgehead atoms. The Labute approximate surface area is 91.3 Å². The van der Waals surface area contributed by atoms with Gasteiger partial charge in [-0.15, -0.1) is 0 Å². The van der Waals surface area contributed by atoms with E-state index < -0.39 is 5.60 Å².